The Kier molecular flexibility index (Phi) is 49.9. The Morgan fingerprint density at radius 2 is 0.849 bits per heavy atom. The number of hydrogen-bond donors (Lipinski definition) is 6. The van der Waals surface area contributed by atoms with Crippen LogP contribution in [-0.2, 0) is 14.3 Å². The fraction of sp³-hybridized carbons (Fsp3) is 0.797. The molecule has 0 aliphatic carbocycles. The van der Waals surface area contributed by atoms with Crippen LogP contribution in [0.3, 0.4) is 0 Å². The number of allylic oxidation sites excluding steroid dienone is 12. The highest BCUT2D eigenvalue weighted by molar-refractivity contribution is 5.76. The molecular weight excluding hydrogens is 911 g/mol. The minimum absolute atomic E-state index is 0.137. The second-order valence-electron chi connectivity index (χ2n) is 21.1. The number of hydrogen-bond acceptors (Lipinski definition) is 8. The van der Waals surface area contributed by atoms with E-state index >= 15 is 0 Å². The van der Waals surface area contributed by atoms with Gasteiger partial charge in [-0.25, -0.2) is 0 Å². The molecule has 9 nitrogen and oxygen atoms in total. The molecule has 7 unspecified atom stereocenters. The minimum atomic E-state index is -1.55. The number of ether oxygens (including phenoxy) is 2. The molecule has 0 bridgehead atoms. The van der Waals surface area contributed by atoms with Crippen molar-refractivity contribution >= 4 is 5.91 Å². The Bertz CT molecular complexity index is 1380. The molecule has 1 amide bonds. The Morgan fingerprint density at radius 1 is 0.479 bits per heavy atom. The molecule has 0 saturated carbocycles. The molecule has 7 atom stereocenters. The molecule has 1 aliphatic rings. The zero-order valence-corrected chi connectivity index (χ0v) is 47.1. The summed E-state index contributed by atoms with van der Waals surface area (Å²) in [6.45, 7) is 3.73. The minimum Gasteiger partial charge on any atom is -0.394 e. The lowest BCUT2D eigenvalue weighted by molar-refractivity contribution is -0.302. The number of aliphatic hydroxyl groups is 5. The predicted molar refractivity (Wildman–Crippen MR) is 309 cm³/mol. The topological polar surface area (TPSA) is 149 Å². The van der Waals surface area contributed by atoms with Crippen molar-refractivity contribution in [3.63, 3.8) is 0 Å². The molecule has 73 heavy (non-hydrogen) atoms. The van der Waals surface area contributed by atoms with E-state index in [-0.39, 0.29) is 12.5 Å². The van der Waals surface area contributed by atoms with Gasteiger partial charge in [0.1, 0.15) is 24.4 Å². The molecule has 1 rings (SSSR count). The van der Waals surface area contributed by atoms with Crippen LogP contribution < -0.4 is 5.32 Å². The van der Waals surface area contributed by atoms with E-state index in [2.05, 4.69) is 92.1 Å². The van der Waals surface area contributed by atoms with Gasteiger partial charge in [-0.2, -0.15) is 0 Å². The largest absolute Gasteiger partial charge is 0.394 e. The van der Waals surface area contributed by atoms with Gasteiger partial charge in [0.15, 0.2) is 6.29 Å². The van der Waals surface area contributed by atoms with Crippen LogP contribution in [0.1, 0.15) is 271 Å². The molecule has 0 aromatic heterocycles. The molecule has 0 spiro atoms. The zero-order chi connectivity index (χ0) is 52.9. The van der Waals surface area contributed by atoms with E-state index in [0.717, 1.165) is 77.0 Å². The van der Waals surface area contributed by atoms with Crippen molar-refractivity contribution in [1.29, 1.82) is 0 Å². The summed E-state index contributed by atoms with van der Waals surface area (Å²) in [4.78, 5) is 13.1. The van der Waals surface area contributed by atoms with Crippen molar-refractivity contribution < 1.29 is 39.8 Å². The number of aliphatic hydroxyl groups excluding tert-OH is 5. The number of carbonyl (C=O) groups excluding carboxylic acids is 1. The Hall–Kier alpha value is -2.37. The van der Waals surface area contributed by atoms with E-state index in [1.807, 2.05) is 0 Å². The van der Waals surface area contributed by atoms with Gasteiger partial charge in [0.2, 0.25) is 5.91 Å². The van der Waals surface area contributed by atoms with E-state index in [9.17, 15) is 30.3 Å². The lowest BCUT2D eigenvalue weighted by Crippen LogP contribution is -2.60. The molecule has 1 heterocycles. The maximum absolute atomic E-state index is 13.1. The highest BCUT2D eigenvalue weighted by Gasteiger charge is 2.44. The smallest absolute Gasteiger partial charge is 0.220 e. The normalized spacial score (nSPS) is 19.6. The van der Waals surface area contributed by atoms with Crippen molar-refractivity contribution in [2.75, 3.05) is 13.2 Å². The molecule has 1 aliphatic heterocycles. The number of rotatable bonds is 52. The maximum Gasteiger partial charge on any atom is 0.220 e. The summed E-state index contributed by atoms with van der Waals surface area (Å²) in [6, 6.07) is -0.719. The molecule has 0 radical (unpaired) electrons. The Labute approximate surface area is 448 Å². The summed E-state index contributed by atoms with van der Waals surface area (Å²) in [5.74, 6) is -0.143. The Balaban J connectivity index is 2.07. The molecule has 0 aromatic rings. The standard InChI is InChI=1S/C64H115NO8/c1-3-5-7-9-11-13-15-17-18-19-20-21-22-23-24-25-26-27-28-29-30-31-32-33-34-35-36-37-38-39-40-42-44-46-48-50-52-54-60(68)65-57(56-72-64-63(71)62(70)61(69)59(55-66)73-64)58(67)53-51-49-47-45-43-41-16-14-12-10-8-6-4-2/h5,7,11,13,17-18,20-21,23-24,26-27,57-59,61-64,66-67,69-71H,3-4,6,8-10,12,14-16,19,22,25,28-56H2,1-2H3,(H,65,68)/b7-5-,13-11-,18-17-,21-20-,24-23-,27-26-. The van der Waals surface area contributed by atoms with Crippen LogP contribution in [-0.4, -0.2) is 87.5 Å². The number of nitrogens with one attached hydrogen (secondary N) is 1. The maximum atomic E-state index is 13.1. The second kappa shape index (κ2) is 53.0. The van der Waals surface area contributed by atoms with Crippen LogP contribution in [0.2, 0.25) is 0 Å². The van der Waals surface area contributed by atoms with Crippen LogP contribution in [0.4, 0.5) is 0 Å². The van der Waals surface area contributed by atoms with Gasteiger partial charge in [0.25, 0.3) is 0 Å². The SMILES string of the molecule is CC/C=C\C/C=C\C/C=C\C/C=C\C/C=C\C/C=C\CCCCCCCCCCCCCCCCCCCCC(=O)NC(COC1OC(CO)C(O)C(O)C1O)C(O)CCCCCCCCCCCCCCC. The number of amides is 1. The lowest BCUT2D eigenvalue weighted by Gasteiger charge is -2.40. The van der Waals surface area contributed by atoms with Gasteiger partial charge in [-0.15, -0.1) is 0 Å². The van der Waals surface area contributed by atoms with E-state index < -0.39 is 49.5 Å². The van der Waals surface area contributed by atoms with Gasteiger partial charge >= 0.3 is 0 Å². The summed E-state index contributed by atoms with van der Waals surface area (Å²) < 4.78 is 11.3. The quantitative estimate of drug-likeness (QED) is 0.0261. The van der Waals surface area contributed by atoms with E-state index in [0.29, 0.717) is 12.8 Å². The van der Waals surface area contributed by atoms with Crippen LogP contribution >= 0.6 is 0 Å². The summed E-state index contributed by atoms with van der Waals surface area (Å²) in [7, 11) is 0. The molecule has 1 saturated heterocycles. The molecule has 0 aromatic carbocycles. The fourth-order valence-corrected chi connectivity index (χ4v) is 9.52. The highest BCUT2D eigenvalue weighted by Crippen LogP contribution is 2.23. The van der Waals surface area contributed by atoms with E-state index in [1.54, 1.807) is 0 Å². The summed E-state index contributed by atoms with van der Waals surface area (Å²) >= 11 is 0. The third kappa shape index (κ3) is 42.4. The number of carbonyl (C=O) groups is 1. The monoisotopic (exact) mass is 1030 g/mol. The average molecular weight is 1030 g/mol. The average Bonchev–Trinajstić information content (AvgIpc) is 3.39. The Morgan fingerprint density at radius 3 is 1.26 bits per heavy atom. The van der Waals surface area contributed by atoms with Crippen molar-refractivity contribution in [1.82, 2.24) is 5.32 Å². The molecule has 424 valence electrons. The summed E-state index contributed by atoms with van der Waals surface area (Å²) in [5, 5.41) is 54.6. The summed E-state index contributed by atoms with van der Waals surface area (Å²) in [5.41, 5.74) is 0. The molecule has 6 N–H and O–H groups in total. The van der Waals surface area contributed by atoms with Gasteiger partial charge in [-0.1, -0.05) is 273 Å². The van der Waals surface area contributed by atoms with Crippen molar-refractivity contribution in [2.45, 2.75) is 314 Å². The third-order valence-corrected chi connectivity index (χ3v) is 14.3. The number of unbranched alkanes of at least 4 members (excludes halogenated alkanes) is 30. The molecule has 9 heteroatoms. The molecule has 1 fully saturated rings. The lowest BCUT2D eigenvalue weighted by atomic mass is 9.99. The van der Waals surface area contributed by atoms with E-state index in [1.165, 1.54) is 167 Å². The van der Waals surface area contributed by atoms with Gasteiger partial charge in [0, 0.05) is 6.42 Å². The van der Waals surface area contributed by atoms with Crippen LogP contribution in [0.25, 0.3) is 0 Å². The summed E-state index contributed by atoms with van der Waals surface area (Å²) in [6.07, 6.45) is 66.6. The van der Waals surface area contributed by atoms with Crippen molar-refractivity contribution in [3.8, 4) is 0 Å². The van der Waals surface area contributed by atoms with Gasteiger partial charge in [0.05, 0.1) is 25.4 Å². The van der Waals surface area contributed by atoms with E-state index in [4.69, 9.17) is 9.47 Å². The first-order valence-electron chi connectivity index (χ1n) is 30.6. The molecular formula is C64H115NO8. The van der Waals surface area contributed by atoms with Crippen LogP contribution in [0.15, 0.2) is 72.9 Å². The van der Waals surface area contributed by atoms with Crippen molar-refractivity contribution in [3.05, 3.63) is 72.9 Å². The van der Waals surface area contributed by atoms with Gasteiger partial charge < -0.3 is 40.3 Å². The predicted octanol–water partition coefficient (Wildman–Crippen LogP) is 15.6. The highest BCUT2D eigenvalue weighted by atomic mass is 16.7. The first kappa shape index (κ1) is 68.6. The first-order valence-corrected chi connectivity index (χ1v) is 30.6. The van der Waals surface area contributed by atoms with Gasteiger partial charge in [-0.05, 0) is 64.2 Å². The second-order valence-corrected chi connectivity index (χ2v) is 21.1. The fourth-order valence-electron chi connectivity index (χ4n) is 9.52. The zero-order valence-electron chi connectivity index (χ0n) is 47.1. The van der Waals surface area contributed by atoms with Crippen LogP contribution in [0.5, 0.6) is 0 Å². The first-order chi connectivity index (χ1) is 35.8. The van der Waals surface area contributed by atoms with Crippen molar-refractivity contribution in [2.24, 2.45) is 0 Å². The van der Waals surface area contributed by atoms with Gasteiger partial charge in [-0.3, -0.25) is 4.79 Å². The third-order valence-electron chi connectivity index (χ3n) is 14.3. The van der Waals surface area contributed by atoms with Crippen LogP contribution in [0, 0.1) is 0 Å².